The van der Waals surface area contributed by atoms with E-state index >= 15 is 0 Å². The molecule has 3 nitrogen and oxygen atoms in total. The Morgan fingerprint density at radius 1 is 1.53 bits per heavy atom. The molecule has 1 aliphatic carbocycles. The first-order chi connectivity index (χ1) is 7.19. The van der Waals surface area contributed by atoms with Gasteiger partial charge in [0.1, 0.15) is 6.29 Å². The van der Waals surface area contributed by atoms with Crippen molar-refractivity contribution in [1.82, 2.24) is 4.98 Å². The highest BCUT2D eigenvalue weighted by molar-refractivity contribution is 6.08. The molecule has 1 aromatic rings. The first-order valence-electron chi connectivity index (χ1n) is 5.38. The third kappa shape index (κ3) is 1.42. The van der Waals surface area contributed by atoms with Crippen LogP contribution >= 0.6 is 0 Å². The second kappa shape index (κ2) is 3.65. The maximum atomic E-state index is 12.0. The molecule has 1 heterocycles. The van der Waals surface area contributed by atoms with E-state index in [1.165, 1.54) is 0 Å². The number of aldehydes is 1. The predicted octanol–water partition coefficient (Wildman–Crippen LogP) is 1.83. The zero-order valence-corrected chi connectivity index (χ0v) is 9.09. The van der Waals surface area contributed by atoms with Crippen LogP contribution in [0.5, 0.6) is 0 Å². The maximum Gasteiger partial charge on any atom is 0.175 e. The lowest BCUT2D eigenvalue weighted by atomic mass is 9.85. The first-order valence-corrected chi connectivity index (χ1v) is 5.38. The number of H-pyrrole nitrogens is 1. The van der Waals surface area contributed by atoms with Gasteiger partial charge in [0, 0.05) is 17.0 Å². The molecule has 0 saturated carbocycles. The van der Waals surface area contributed by atoms with Crippen LogP contribution in [0.1, 0.15) is 40.7 Å². The van der Waals surface area contributed by atoms with Crippen LogP contribution in [0.25, 0.3) is 0 Å². The third-order valence-corrected chi connectivity index (χ3v) is 3.20. The van der Waals surface area contributed by atoms with Gasteiger partial charge in [0.05, 0.1) is 5.92 Å². The Balaban J connectivity index is 2.53. The number of nitrogens with one attached hydrogen (secondary N) is 1. The molecule has 0 bridgehead atoms. The number of hydrogen-bond acceptors (Lipinski definition) is 2. The molecule has 0 aromatic carbocycles. The van der Waals surface area contributed by atoms with Gasteiger partial charge in [0.15, 0.2) is 5.78 Å². The lowest BCUT2D eigenvalue weighted by molar-refractivity contribution is -0.110. The fourth-order valence-electron chi connectivity index (χ4n) is 2.41. The fraction of sp³-hybridized carbons (Fsp3) is 0.500. The van der Waals surface area contributed by atoms with E-state index in [-0.39, 0.29) is 5.78 Å². The number of Topliss-reactive ketones (excluding diaryl/α,β-unsaturated/α-hetero) is 1. The van der Waals surface area contributed by atoms with Crippen molar-refractivity contribution < 1.29 is 9.59 Å². The molecule has 2 rings (SSSR count). The van der Waals surface area contributed by atoms with Crippen LogP contribution in [0, 0.1) is 12.8 Å². The summed E-state index contributed by atoms with van der Waals surface area (Å²) in [5, 5.41) is 0. The number of ketones is 1. The van der Waals surface area contributed by atoms with E-state index in [4.69, 9.17) is 0 Å². The van der Waals surface area contributed by atoms with Gasteiger partial charge in [0.2, 0.25) is 0 Å². The molecule has 1 aliphatic rings. The van der Waals surface area contributed by atoms with E-state index in [0.717, 1.165) is 41.6 Å². The van der Waals surface area contributed by atoms with Crippen molar-refractivity contribution in [1.29, 1.82) is 0 Å². The topological polar surface area (TPSA) is 49.9 Å². The van der Waals surface area contributed by atoms with Crippen LogP contribution in [0.4, 0.5) is 0 Å². The Morgan fingerprint density at radius 2 is 2.27 bits per heavy atom. The normalized spacial score (nSPS) is 20.1. The quantitative estimate of drug-likeness (QED) is 0.591. The molecule has 1 unspecified atom stereocenters. The summed E-state index contributed by atoms with van der Waals surface area (Å²) in [4.78, 5) is 26.0. The van der Waals surface area contributed by atoms with Crippen molar-refractivity contribution in [3.05, 3.63) is 22.5 Å². The lowest BCUT2D eigenvalue weighted by Gasteiger charge is -2.16. The molecule has 0 spiro atoms. The van der Waals surface area contributed by atoms with Crippen LogP contribution in [0.2, 0.25) is 0 Å². The van der Waals surface area contributed by atoms with E-state index in [1.54, 1.807) is 0 Å². The van der Waals surface area contributed by atoms with Crippen LogP contribution in [0.3, 0.4) is 0 Å². The first kappa shape index (κ1) is 10.1. The zero-order chi connectivity index (χ0) is 11.0. The number of carbonyl (C=O) groups excluding carboxylic acids is 2. The maximum absolute atomic E-state index is 12.0. The summed E-state index contributed by atoms with van der Waals surface area (Å²) >= 11 is 0. The summed E-state index contributed by atoms with van der Waals surface area (Å²) < 4.78 is 0. The minimum absolute atomic E-state index is 0.00690. The SMILES string of the molecule is CCc1c(C)[nH]c2c1C(=O)C(C=O)CC2. The van der Waals surface area contributed by atoms with Crippen molar-refractivity contribution in [2.75, 3.05) is 0 Å². The van der Waals surface area contributed by atoms with Crippen molar-refractivity contribution in [3.63, 3.8) is 0 Å². The van der Waals surface area contributed by atoms with Crippen molar-refractivity contribution in [3.8, 4) is 0 Å². The summed E-state index contributed by atoms with van der Waals surface area (Å²) in [5.74, 6) is -0.412. The smallest absolute Gasteiger partial charge is 0.175 e. The minimum Gasteiger partial charge on any atom is -0.362 e. The lowest BCUT2D eigenvalue weighted by Crippen LogP contribution is -2.23. The Labute approximate surface area is 88.9 Å². The van der Waals surface area contributed by atoms with Gasteiger partial charge in [-0.2, -0.15) is 0 Å². The second-order valence-electron chi connectivity index (χ2n) is 4.08. The second-order valence-corrected chi connectivity index (χ2v) is 4.08. The predicted molar refractivity (Wildman–Crippen MR) is 57.1 cm³/mol. The number of hydrogen-bond donors (Lipinski definition) is 1. The molecular formula is C12H15NO2. The molecule has 0 radical (unpaired) electrons. The third-order valence-electron chi connectivity index (χ3n) is 3.20. The number of carbonyl (C=O) groups is 2. The van der Waals surface area contributed by atoms with Gasteiger partial charge >= 0.3 is 0 Å². The number of rotatable bonds is 2. The van der Waals surface area contributed by atoms with Gasteiger partial charge in [0.25, 0.3) is 0 Å². The Morgan fingerprint density at radius 3 is 2.87 bits per heavy atom. The van der Waals surface area contributed by atoms with Gasteiger partial charge < -0.3 is 9.78 Å². The Bertz CT molecular complexity index is 418. The van der Waals surface area contributed by atoms with E-state index in [2.05, 4.69) is 4.98 Å². The summed E-state index contributed by atoms with van der Waals surface area (Å²) in [6, 6.07) is 0. The minimum atomic E-state index is -0.419. The molecular weight excluding hydrogens is 190 g/mol. The molecule has 0 saturated heterocycles. The molecule has 3 heteroatoms. The Hall–Kier alpha value is -1.38. The molecule has 15 heavy (non-hydrogen) atoms. The van der Waals surface area contributed by atoms with Gasteiger partial charge in [-0.25, -0.2) is 0 Å². The zero-order valence-electron chi connectivity index (χ0n) is 9.09. The fourth-order valence-corrected chi connectivity index (χ4v) is 2.41. The number of aromatic amines is 1. The number of aryl methyl sites for hydroxylation is 2. The molecule has 0 amide bonds. The van der Waals surface area contributed by atoms with Crippen LogP contribution in [-0.4, -0.2) is 17.1 Å². The van der Waals surface area contributed by atoms with Crippen molar-refractivity contribution in [2.45, 2.75) is 33.1 Å². The average molecular weight is 205 g/mol. The highest BCUT2D eigenvalue weighted by Crippen LogP contribution is 2.29. The summed E-state index contributed by atoms with van der Waals surface area (Å²) in [5.41, 5.74) is 3.97. The molecule has 0 aliphatic heterocycles. The summed E-state index contributed by atoms with van der Waals surface area (Å²) in [7, 11) is 0. The standard InChI is InChI=1S/C12H15NO2/c1-3-9-7(2)13-10-5-4-8(6-14)12(15)11(9)10/h6,8,13H,3-5H2,1-2H3. The molecule has 1 N–H and O–H groups in total. The highest BCUT2D eigenvalue weighted by atomic mass is 16.1. The van der Waals surface area contributed by atoms with Crippen LogP contribution in [0.15, 0.2) is 0 Å². The molecule has 1 atom stereocenters. The highest BCUT2D eigenvalue weighted by Gasteiger charge is 2.30. The number of aromatic nitrogens is 1. The Kier molecular flexibility index (Phi) is 2.47. The summed E-state index contributed by atoms with van der Waals surface area (Å²) in [6.45, 7) is 4.02. The van der Waals surface area contributed by atoms with Gasteiger partial charge in [-0.3, -0.25) is 4.79 Å². The van der Waals surface area contributed by atoms with Crippen LogP contribution in [-0.2, 0) is 17.6 Å². The van der Waals surface area contributed by atoms with Crippen molar-refractivity contribution in [2.24, 2.45) is 5.92 Å². The van der Waals surface area contributed by atoms with Gasteiger partial charge in [-0.05, 0) is 31.7 Å². The monoisotopic (exact) mass is 205 g/mol. The van der Waals surface area contributed by atoms with Gasteiger partial charge in [-0.1, -0.05) is 6.92 Å². The van der Waals surface area contributed by atoms with E-state index in [1.807, 2.05) is 13.8 Å². The molecule has 1 aromatic heterocycles. The largest absolute Gasteiger partial charge is 0.362 e. The number of fused-ring (bicyclic) bond motifs is 1. The average Bonchev–Trinajstić information content (AvgIpc) is 2.55. The molecule has 80 valence electrons. The summed E-state index contributed by atoms with van der Waals surface area (Å²) in [6.07, 6.45) is 3.09. The van der Waals surface area contributed by atoms with E-state index in [9.17, 15) is 9.59 Å². The van der Waals surface area contributed by atoms with E-state index in [0.29, 0.717) is 6.42 Å². The van der Waals surface area contributed by atoms with E-state index < -0.39 is 5.92 Å². The molecule has 0 fully saturated rings. The van der Waals surface area contributed by atoms with Crippen LogP contribution < -0.4 is 0 Å². The van der Waals surface area contributed by atoms with Crippen molar-refractivity contribution >= 4 is 12.1 Å². The van der Waals surface area contributed by atoms with Gasteiger partial charge in [-0.15, -0.1) is 0 Å².